The van der Waals surface area contributed by atoms with Crippen molar-refractivity contribution in [3.8, 4) is 5.75 Å². The van der Waals surface area contributed by atoms with Crippen LogP contribution in [0.2, 0.25) is 0 Å². The van der Waals surface area contributed by atoms with Crippen LogP contribution in [0.3, 0.4) is 0 Å². The Bertz CT molecular complexity index is 748. The Balaban J connectivity index is 0.00000420. The molecule has 1 heterocycles. The van der Waals surface area contributed by atoms with Crippen molar-refractivity contribution in [2.24, 2.45) is 4.99 Å². The van der Waals surface area contributed by atoms with Crippen molar-refractivity contribution >= 4 is 41.3 Å². The SMILES string of the molecule is CCN(CC)C(CNC(=NC)NCCc1csc(C)n1)c1cccc(OC)c1.I. The highest BCUT2D eigenvalue weighted by Crippen LogP contribution is 2.23. The van der Waals surface area contributed by atoms with Crippen LogP contribution < -0.4 is 15.4 Å². The lowest BCUT2D eigenvalue weighted by Crippen LogP contribution is -2.43. The lowest BCUT2D eigenvalue weighted by molar-refractivity contribution is 0.218. The Morgan fingerprint density at radius 2 is 2.03 bits per heavy atom. The van der Waals surface area contributed by atoms with Gasteiger partial charge in [-0.25, -0.2) is 4.98 Å². The quantitative estimate of drug-likeness (QED) is 0.277. The standard InChI is InChI=1S/C21H33N5OS.HI/c1-6-26(7-2)20(17-9-8-10-19(13-17)27-5)14-24-21(22-4)23-12-11-18-15-28-16(3)25-18;/h8-10,13,15,20H,6-7,11-12,14H2,1-5H3,(H2,22,23,24);1H. The molecule has 0 bridgehead atoms. The second-order valence-corrected chi connectivity index (χ2v) is 7.56. The molecule has 2 N–H and O–H groups in total. The zero-order valence-corrected chi connectivity index (χ0v) is 21.2. The molecule has 0 amide bonds. The minimum absolute atomic E-state index is 0. The molecule has 2 aromatic rings. The Hall–Kier alpha value is -1.39. The molecule has 162 valence electrons. The predicted molar refractivity (Wildman–Crippen MR) is 134 cm³/mol. The van der Waals surface area contributed by atoms with E-state index in [-0.39, 0.29) is 30.0 Å². The number of ether oxygens (including phenoxy) is 1. The Labute approximate surface area is 196 Å². The van der Waals surface area contributed by atoms with Gasteiger partial charge in [0.15, 0.2) is 5.96 Å². The number of likely N-dealkylation sites (N-methyl/N-ethyl adjacent to an activating group) is 1. The third-order valence-corrected chi connectivity index (χ3v) is 5.58. The van der Waals surface area contributed by atoms with E-state index in [0.717, 1.165) is 55.0 Å². The molecule has 0 fully saturated rings. The van der Waals surface area contributed by atoms with E-state index < -0.39 is 0 Å². The maximum Gasteiger partial charge on any atom is 0.191 e. The van der Waals surface area contributed by atoms with Crippen LogP contribution in [0, 0.1) is 6.92 Å². The maximum atomic E-state index is 5.42. The smallest absolute Gasteiger partial charge is 0.191 e. The van der Waals surface area contributed by atoms with Crippen LogP contribution in [-0.2, 0) is 6.42 Å². The molecule has 1 aromatic heterocycles. The van der Waals surface area contributed by atoms with Crippen molar-refractivity contribution in [3.05, 3.63) is 45.9 Å². The van der Waals surface area contributed by atoms with Crippen molar-refractivity contribution in [1.29, 1.82) is 0 Å². The third kappa shape index (κ3) is 8.10. The first-order valence-electron chi connectivity index (χ1n) is 9.84. The van der Waals surface area contributed by atoms with Crippen molar-refractivity contribution in [2.75, 3.05) is 40.3 Å². The van der Waals surface area contributed by atoms with Gasteiger partial charge >= 0.3 is 0 Å². The second-order valence-electron chi connectivity index (χ2n) is 6.50. The van der Waals surface area contributed by atoms with Gasteiger partial charge in [-0.15, -0.1) is 35.3 Å². The number of aliphatic imine (C=N–C) groups is 1. The molecule has 1 unspecified atom stereocenters. The number of thiazole rings is 1. The van der Waals surface area contributed by atoms with Gasteiger partial charge in [0, 0.05) is 31.9 Å². The molecule has 0 aliphatic rings. The normalized spacial score (nSPS) is 12.4. The Kier molecular flexibility index (Phi) is 12.2. The van der Waals surface area contributed by atoms with E-state index in [1.807, 2.05) is 19.1 Å². The predicted octanol–water partition coefficient (Wildman–Crippen LogP) is 3.87. The van der Waals surface area contributed by atoms with E-state index in [9.17, 15) is 0 Å². The van der Waals surface area contributed by atoms with Crippen molar-refractivity contribution in [1.82, 2.24) is 20.5 Å². The summed E-state index contributed by atoms with van der Waals surface area (Å²) in [5, 5.41) is 10.1. The van der Waals surface area contributed by atoms with Crippen molar-refractivity contribution < 1.29 is 4.74 Å². The highest BCUT2D eigenvalue weighted by atomic mass is 127. The van der Waals surface area contributed by atoms with Crippen LogP contribution >= 0.6 is 35.3 Å². The van der Waals surface area contributed by atoms with Gasteiger partial charge in [0.25, 0.3) is 0 Å². The lowest BCUT2D eigenvalue weighted by atomic mass is 10.0. The topological polar surface area (TPSA) is 61.8 Å². The number of hydrogen-bond donors (Lipinski definition) is 2. The molecule has 0 saturated heterocycles. The number of benzene rings is 1. The van der Waals surface area contributed by atoms with E-state index in [1.165, 1.54) is 5.56 Å². The van der Waals surface area contributed by atoms with Crippen LogP contribution in [-0.4, -0.2) is 56.2 Å². The van der Waals surface area contributed by atoms with Crippen LogP contribution in [0.4, 0.5) is 0 Å². The average molecular weight is 532 g/mol. The first kappa shape index (κ1) is 25.6. The monoisotopic (exact) mass is 531 g/mol. The number of methoxy groups -OCH3 is 1. The molecule has 8 heteroatoms. The molecule has 0 aliphatic heterocycles. The highest BCUT2D eigenvalue weighted by Gasteiger charge is 2.19. The molecular formula is C21H34IN5OS. The van der Waals surface area contributed by atoms with E-state index in [1.54, 1.807) is 25.5 Å². The van der Waals surface area contributed by atoms with Gasteiger partial charge in [0.2, 0.25) is 0 Å². The number of aryl methyl sites for hydroxylation is 1. The summed E-state index contributed by atoms with van der Waals surface area (Å²) in [5.41, 5.74) is 2.37. The van der Waals surface area contributed by atoms with Gasteiger partial charge in [-0.1, -0.05) is 26.0 Å². The summed E-state index contributed by atoms with van der Waals surface area (Å²) in [7, 11) is 3.51. The number of nitrogens with zero attached hydrogens (tertiary/aromatic N) is 3. The number of hydrogen-bond acceptors (Lipinski definition) is 5. The molecule has 1 aromatic carbocycles. The summed E-state index contributed by atoms with van der Waals surface area (Å²) in [4.78, 5) is 11.3. The minimum Gasteiger partial charge on any atom is -0.497 e. The molecular weight excluding hydrogens is 497 g/mol. The van der Waals surface area contributed by atoms with Gasteiger partial charge < -0.3 is 15.4 Å². The summed E-state index contributed by atoms with van der Waals surface area (Å²) >= 11 is 1.69. The van der Waals surface area contributed by atoms with E-state index in [2.05, 4.69) is 56.9 Å². The van der Waals surface area contributed by atoms with E-state index >= 15 is 0 Å². The fraction of sp³-hybridized carbons (Fsp3) is 0.524. The number of aromatic nitrogens is 1. The summed E-state index contributed by atoms with van der Waals surface area (Å²) in [5.74, 6) is 1.70. The summed E-state index contributed by atoms with van der Waals surface area (Å²) in [6, 6.07) is 8.55. The van der Waals surface area contributed by atoms with Crippen LogP contribution in [0.1, 0.15) is 36.2 Å². The molecule has 2 rings (SSSR count). The number of halogens is 1. The average Bonchev–Trinajstić information content (AvgIpc) is 3.14. The van der Waals surface area contributed by atoms with E-state index in [0.29, 0.717) is 0 Å². The second kappa shape index (κ2) is 13.8. The largest absolute Gasteiger partial charge is 0.497 e. The zero-order valence-electron chi connectivity index (χ0n) is 18.1. The Morgan fingerprint density at radius 1 is 1.28 bits per heavy atom. The van der Waals surface area contributed by atoms with Crippen molar-refractivity contribution in [3.63, 3.8) is 0 Å². The van der Waals surface area contributed by atoms with Gasteiger partial charge in [-0.3, -0.25) is 9.89 Å². The fourth-order valence-electron chi connectivity index (χ4n) is 3.22. The summed E-state index contributed by atoms with van der Waals surface area (Å²) < 4.78 is 5.42. The van der Waals surface area contributed by atoms with Crippen molar-refractivity contribution in [2.45, 2.75) is 33.2 Å². The minimum atomic E-state index is 0. The molecule has 6 nitrogen and oxygen atoms in total. The summed E-state index contributed by atoms with van der Waals surface area (Å²) in [6.45, 7) is 9.96. The van der Waals surface area contributed by atoms with Gasteiger partial charge in [0.1, 0.15) is 5.75 Å². The van der Waals surface area contributed by atoms with Gasteiger partial charge in [0.05, 0.1) is 23.9 Å². The van der Waals surface area contributed by atoms with Gasteiger partial charge in [-0.2, -0.15) is 0 Å². The number of rotatable bonds is 10. The molecule has 0 radical (unpaired) electrons. The highest BCUT2D eigenvalue weighted by molar-refractivity contribution is 14.0. The lowest BCUT2D eigenvalue weighted by Gasteiger charge is -2.31. The first-order chi connectivity index (χ1) is 13.6. The molecule has 0 saturated carbocycles. The third-order valence-electron chi connectivity index (χ3n) is 4.76. The zero-order chi connectivity index (χ0) is 20.4. The number of guanidine groups is 1. The molecule has 0 aliphatic carbocycles. The van der Waals surface area contributed by atoms with Crippen LogP contribution in [0.25, 0.3) is 0 Å². The first-order valence-corrected chi connectivity index (χ1v) is 10.7. The fourth-order valence-corrected chi connectivity index (χ4v) is 3.86. The summed E-state index contributed by atoms with van der Waals surface area (Å²) in [6.07, 6.45) is 0.889. The maximum absolute atomic E-state index is 5.42. The van der Waals surface area contributed by atoms with Gasteiger partial charge in [-0.05, 0) is 37.7 Å². The molecule has 0 spiro atoms. The number of nitrogens with one attached hydrogen (secondary N) is 2. The van der Waals surface area contributed by atoms with Crippen LogP contribution in [0.15, 0.2) is 34.6 Å². The van der Waals surface area contributed by atoms with E-state index in [4.69, 9.17) is 4.74 Å². The molecule has 1 atom stereocenters. The molecule has 29 heavy (non-hydrogen) atoms. The van der Waals surface area contributed by atoms with Crippen LogP contribution in [0.5, 0.6) is 5.75 Å². The Morgan fingerprint density at radius 3 is 2.62 bits per heavy atom.